The zero-order valence-corrected chi connectivity index (χ0v) is 13.3. The summed E-state index contributed by atoms with van der Waals surface area (Å²) in [5.74, 6) is -0.904. The van der Waals surface area contributed by atoms with Gasteiger partial charge in [0.1, 0.15) is 0 Å². The molecule has 1 N–H and O–H groups in total. The number of fused-ring (bicyclic) bond motifs is 1. The van der Waals surface area contributed by atoms with E-state index in [0.29, 0.717) is 17.6 Å². The van der Waals surface area contributed by atoms with Crippen LogP contribution in [-0.4, -0.2) is 39.9 Å². The van der Waals surface area contributed by atoms with E-state index in [4.69, 9.17) is 13.7 Å². The second-order valence-electron chi connectivity index (χ2n) is 5.78. The summed E-state index contributed by atoms with van der Waals surface area (Å²) in [5.41, 5.74) is 1.10. The minimum absolute atomic E-state index is 0.0298. The zero-order valence-electron chi connectivity index (χ0n) is 13.3. The number of nitrogens with one attached hydrogen (secondary N) is 1. The maximum atomic E-state index is 12.0. The molecule has 1 saturated heterocycles. The Balaban J connectivity index is 1.46. The van der Waals surface area contributed by atoms with Crippen LogP contribution in [0.25, 0.3) is 11.1 Å². The van der Waals surface area contributed by atoms with Gasteiger partial charge in [0.05, 0.1) is 18.2 Å². The number of ether oxygens (including phenoxy) is 1. The monoisotopic (exact) mass is 344 g/mol. The Morgan fingerprint density at radius 3 is 3.08 bits per heavy atom. The molecule has 1 atom stereocenters. The lowest BCUT2D eigenvalue weighted by molar-refractivity contribution is 0.0822. The fourth-order valence-electron chi connectivity index (χ4n) is 2.80. The van der Waals surface area contributed by atoms with Crippen molar-refractivity contribution < 1.29 is 18.5 Å². The van der Waals surface area contributed by atoms with E-state index in [1.165, 1.54) is 4.57 Å². The molecular formula is C16H16N4O5. The van der Waals surface area contributed by atoms with Gasteiger partial charge < -0.3 is 19.0 Å². The summed E-state index contributed by atoms with van der Waals surface area (Å²) in [6.07, 6.45) is 1.95. The van der Waals surface area contributed by atoms with E-state index in [1.807, 2.05) is 0 Å². The molecule has 0 saturated carbocycles. The number of carbonyl (C=O) groups is 1. The molecule has 1 amide bonds. The molecule has 2 aromatic heterocycles. The van der Waals surface area contributed by atoms with E-state index < -0.39 is 11.7 Å². The Labute approximate surface area is 141 Å². The SMILES string of the molecule is O=C(NC[C@@H]1CCCO1)c1nc(Cn2c(=O)oc3ccccc32)no1. The molecule has 3 aromatic rings. The first kappa shape index (κ1) is 15.6. The van der Waals surface area contributed by atoms with E-state index in [1.54, 1.807) is 24.3 Å². The Bertz CT molecular complexity index is 951. The highest BCUT2D eigenvalue weighted by Crippen LogP contribution is 2.13. The lowest BCUT2D eigenvalue weighted by atomic mass is 10.2. The molecule has 1 aliphatic rings. The number of carbonyl (C=O) groups excluding carboxylic acids is 1. The maximum absolute atomic E-state index is 12.0. The summed E-state index contributed by atoms with van der Waals surface area (Å²) in [5, 5.41) is 6.47. The average molecular weight is 344 g/mol. The molecule has 1 aliphatic heterocycles. The van der Waals surface area contributed by atoms with Crippen LogP contribution >= 0.6 is 0 Å². The molecular weight excluding hydrogens is 328 g/mol. The molecule has 0 unspecified atom stereocenters. The first-order chi connectivity index (χ1) is 12.2. The van der Waals surface area contributed by atoms with Crippen LogP contribution in [0.2, 0.25) is 0 Å². The molecule has 9 nitrogen and oxygen atoms in total. The largest absolute Gasteiger partial charge is 0.420 e. The number of benzene rings is 1. The van der Waals surface area contributed by atoms with Gasteiger partial charge in [0.2, 0.25) is 0 Å². The normalized spacial score (nSPS) is 17.2. The van der Waals surface area contributed by atoms with Crippen molar-refractivity contribution >= 4 is 17.0 Å². The first-order valence-electron chi connectivity index (χ1n) is 8.01. The van der Waals surface area contributed by atoms with Crippen molar-refractivity contribution in [3.63, 3.8) is 0 Å². The molecule has 0 radical (unpaired) electrons. The summed E-state index contributed by atoms with van der Waals surface area (Å²) in [6, 6.07) is 7.04. The van der Waals surface area contributed by atoms with Gasteiger partial charge in [-0.15, -0.1) is 0 Å². The summed E-state index contributed by atoms with van der Waals surface area (Å²) in [6.45, 7) is 1.18. The van der Waals surface area contributed by atoms with Crippen molar-refractivity contribution in [3.8, 4) is 0 Å². The third-order valence-corrected chi connectivity index (χ3v) is 4.05. The summed E-state index contributed by atoms with van der Waals surface area (Å²) >= 11 is 0. The minimum atomic E-state index is -0.518. The maximum Gasteiger partial charge on any atom is 0.420 e. The molecule has 0 spiro atoms. The smallest absolute Gasteiger partial charge is 0.408 e. The number of hydrogen-bond donors (Lipinski definition) is 1. The fourth-order valence-corrected chi connectivity index (χ4v) is 2.80. The second kappa shape index (κ2) is 6.52. The number of nitrogens with zero attached hydrogens (tertiary/aromatic N) is 3. The molecule has 0 aliphatic carbocycles. The molecule has 4 rings (SSSR count). The van der Waals surface area contributed by atoms with Crippen LogP contribution in [0.4, 0.5) is 0 Å². The Hall–Kier alpha value is -2.94. The molecule has 9 heteroatoms. The minimum Gasteiger partial charge on any atom is -0.408 e. The Morgan fingerprint density at radius 2 is 2.24 bits per heavy atom. The van der Waals surface area contributed by atoms with Gasteiger partial charge >= 0.3 is 17.6 Å². The lowest BCUT2D eigenvalue weighted by Gasteiger charge is -2.08. The molecule has 25 heavy (non-hydrogen) atoms. The van der Waals surface area contributed by atoms with E-state index in [0.717, 1.165) is 19.4 Å². The first-order valence-corrected chi connectivity index (χ1v) is 8.01. The van der Waals surface area contributed by atoms with E-state index >= 15 is 0 Å². The molecule has 3 heterocycles. The number of aromatic nitrogens is 3. The number of para-hydroxylation sites is 2. The van der Waals surface area contributed by atoms with Gasteiger partial charge in [0.25, 0.3) is 0 Å². The van der Waals surface area contributed by atoms with E-state index in [-0.39, 0.29) is 24.4 Å². The van der Waals surface area contributed by atoms with Crippen LogP contribution in [-0.2, 0) is 11.3 Å². The van der Waals surface area contributed by atoms with Gasteiger partial charge in [-0.25, -0.2) is 4.79 Å². The summed E-state index contributed by atoms with van der Waals surface area (Å²) in [7, 11) is 0. The predicted molar refractivity (Wildman–Crippen MR) is 85.2 cm³/mol. The average Bonchev–Trinajstić information content (AvgIpc) is 3.35. The summed E-state index contributed by atoms with van der Waals surface area (Å²) < 4.78 is 17.0. The predicted octanol–water partition coefficient (Wildman–Crippen LogP) is 0.935. The van der Waals surface area contributed by atoms with Crippen LogP contribution in [0.3, 0.4) is 0 Å². The van der Waals surface area contributed by atoms with E-state index in [2.05, 4.69) is 15.5 Å². The molecule has 130 valence electrons. The topological polar surface area (TPSA) is 112 Å². The molecule has 0 bridgehead atoms. The number of amides is 1. The number of rotatable bonds is 5. The van der Waals surface area contributed by atoms with Crippen LogP contribution < -0.4 is 11.1 Å². The second-order valence-corrected chi connectivity index (χ2v) is 5.78. The van der Waals surface area contributed by atoms with Gasteiger partial charge in [0, 0.05) is 13.2 Å². The number of hydrogen-bond acceptors (Lipinski definition) is 7. The summed E-state index contributed by atoms with van der Waals surface area (Å²) in [4.78, 5) is 28.0. The Kier molecular flexibility index (Phi) is 4.06. The van der Waals surface area contributed by atoms with Crippen molar-refractivity contribution in [3.05, 3.63) is 46.5 Å². The van der Waals surface area contributed by atoms with Crippen LogP contribution in [0.1, 0.15) is 29.4 Å². The Morgan fingerprint density at radius 1 is 1.36 bits per heavy atom. The van der Waals surface area contributed by atoms with Gasteiger partial charge in [-0.3, -0.25) is 9.36 Å². The van der Waals surface area contributed by atoms with Crippen LogP contribution in [0, 0.1) is 0 Å². The van der Waals surface area contributed by atoms with Crippen molar-refractivity contribution in [2.45, 2.75) is 25.5 Å². The van der Waals surface area contributed by atoms with Gasteiger partial charge in [-0.1, -0.05) is 17.3 Å². The van der Waals surface area contributed by atoms with Crippen LogP contribution in [0.5, 0.6) is 0 Å². The third-order valence-electron chi connectivity index (χ3n) is 4.05. The fraction of sp³-hybridized carbons (Fsp3) is 0.375. The number of oxazole rings is 1. The van der Waals surface area contributed by atoms with Gasteiger partial charge in [-0.2, -0.15) is 4.98 Å². The van der Waals surface area contributed by atoms with Gasteiger partial charge in [0.15, 0.2) is 11.4 Å². The van der Waals surface area contributed by atoms with Crippen molar-refractivity contribution in [2.24, 2.45) is 0 Å². The van der Waals surface area contributed by atoms with Crippen molar-refractivity contribution in [1.82, 2.24) is 20.0 Å². The standard InChI is InChI=1S/C16H16N4O5/c21-14(17-8-10-4-3-7-23-10)15-18-13(19-25-15)9-20-11-5-1-2-6-12(11)24-16(20)22/h1-2,5-6,10H,3-4,7-9H2,(H,17,21)/t10-/m0/s1. The van der Waals surface area contributed by atoms with E-state index in [9.17, 15) is 9.59 Å². The molecule has 1 aromatic carbocycles. The van der Waals surface area contributed by atoms with Gasteiger partial charge in [-0.05, 0) is 25.0 Å². The van der Waals surface area contributed by atoms with Crippen LogP contribution in [0.15, 0.2) is 38.0 Å². The highest BCUT2D eigenvalue weighted by molar-refractivity contribution is 5.89. The third kappa shape index (κ3) is 3.18. The van der Waals surface area contributed by atoms with Crippen molar-refractivity contribution in [1.29, 1.82) is 0 Å². The highest BCUT2D eigenvalue weighted by Gasteiger charge is 2.20. The quantitative estimate of drug-likeness (QED) is 0.733. The molecule has 1 fully saturated rings. The van der Waals surface area contributed by atoms with Crippen molar-refractivity contribution in [2.75, 3.05) is 13.2 Å². The highest BCUT2D eigenvalue weighted by atomic mass is 16.5. The lowest BCUT2D eigenvalue weighted by Crippen LogP contribution is -2.32. The zero-order chi connectivity index (χ0) is 17.2.